The van der Waals surface area contributed by atoms with Gasteiger partial charge in [-0.25, -0.2) is 21.6 Å². The Morgan fingerprint density at radius 2 is 1.42 bits per heavy atom. The molecule has 0 atom stereocenters. The number of nitrogens with one attached hydrogen (secondary N) is 3. The number of sulfonamides is 2. The molecule has 0 unspecified atom stereocenters. The summed E-state index contributed by atoms with van der Waals surface area (Å²) in [6.07, 6.45) is 1.46. The van der Waals surface area contributed by atoms with Crippen LogP contribution in [0.15, 0.2) is 96.4 Å². The van der Waals surface area contributed by atoms with Gasteiger partial charge in [-0.05, 0) is 54.1 Å². The lowest BCUT2D eigenvalue weighted by atomic mass is 10.2. The summed E-state index contributed by atoms with van der Waals surface area (Å²) in [6.45, 7) is 3.63. The fourth-order valence-electron chi connectivity index (χ4n) is 2.85. The molecule has 0 saturated carbocycles. The van der Waals surface area contributed by atoms with Gasteiger partial charge < -0.3 is 5.32 Å². The summed E-state index contributed by atoms with van der Waals surface area (Å²) in [5, 5.41) is 2.72. The fourth-order valence-corrected chi connectivity index (χ4v) is 5.03. The van der Waals surface area contributed by atoms with E-state index in [0.29, 0.717) is 22.5 Å². The number of anilines is 2. The Morgan fingerprint density at radius 1 is 0.818 bits per heavy atom. The van der Waals surface area contributed by atoms with Gasteiger partial charge in [-0.3, -0.25) is 9.52 Å². The minimum Gasteiger partial charge on any atom is -0.322 e. The lowest BCUT2D eigenvalue weighted by molar-refractivity contribution is 0.102. The molecule has 8 nitrogen and oxygen atoms in total. The van der Waals surface area contributed by atoms with Crippen LogP contribution in [-0.2, 0) is 25.8 Å². The molecule has 0 fully saturated rings. The molecule has 172 valence electrons. The van der Waals surface area contributed by atoms with Gasteiger partial charge >= 0.3 is 0 Å². The van der Waals surface area contributed by atoms with E-state index in [4.69, 9.17) is 0 Å². The molecule has 10 heteroatoms. The molecule has 0 aliphatic heterocycles. The second-order valence-electron chi connectivity index (χ2n) is 7.04. The molecule has 0 heterocycles. The largest absolute Gasteiger partial charge is 0.322 e. The Bertz CT molecular complexity index is 1320. The quantitative estimate of drug-likeness (QED) is 0.380. The molecule has 3 N–H and O–H groups in total. The highest BCUT2D eigenvalue weighted by Crippen LogP contribution is 2.18. The molecule has 3 rings (SSSR count). The SMILES string of the molecule is C=CCNS(=O)(=O)Cc1ccc(NC(=O)c2ccc(NS(=O)(=O)c3ccccc3)cc2)cc1. The molecule has 0 aliphatic carbocycles. The van der Waals surface area contributed by atoms with Crippen molar-refractivity contribution in [3.8, 4) is 0 Å². The zero-order valence-corrected chi connectivity index (χ0v) is 19.2. The standard InChI is InChI=1S/C23H23N3O5S2/c1-2-16-24-32(28,29)17-18-8-12-20(13-9-18)25-23(27)19-10-14-21(15-11-19)26-33(30,31)22-6-4-3-5-7-22/h2-15,24,26H,1,16-17H2,(H,25,27). The van der Waals surface area contributed by atoms with E-state index in [0.717, 1.165) is 0 Å². The number of benzene rings is 3. The minimum absolute atomic E-state index is 0.138. The first kappa shape index (κ1) is 24.2. The predicted octanol–water partition coefficient (Wildman–Crippen LogP) is 3.35. The summed E-state index contributed by atoms with van der Waals surface area (Å²) in [5.74, 6) is -0.574. The fraction of sp³-hybridized carbons (Fsp3) is 0.0870. The van der Waals surface area contributed by atoms with Crippen LogP contribution in [0.3, 0.4) is 0 Å². The van der Waals surface area contributed by atoms with Crippen molar-refractivity contribution in [2.24, 2.45) is 0 Å². The maximum atomic E-state index is 12.5. The summed E-state index contributed by atoms with van der Waals surface area (Å²) in [5.41, 5.74) is 1.72. The van der Waals surface area contributed by atoms with E-state index < -0.39 is 20.0 Å². The van der Waals surface area contributed by atoms with E-state index in [9.17, 15) is 21.6 Å². The highest BCUT2D eigenvalue weighted by molar-refractivity contribution is 7.92. The highest BCUT2D eigenvalue weighted by Gasteiger charge is 2.14. The molecule has 1 amide bonds. The second kappa shape index (κ2) is 10.4. The zero-order valence-electron chi connectivity index (χ0n) is 17.6. The van der Waals surface area contributed by atoms with E-state index in [2.05, 4.69) is 21.3 Å². The molecule has 0 saturated heterocycles. The molecule has 3 aromatic rings. The summed E-state index contributed by atoms with van der Waals surface area (Å²) in [4.78, 5) is 12.6. The van der Waals surface area contributed by atoms with Crippen molar-refractivity contribution >= 4 is 37.3 Å². The molecule has 0 spiro atoms. The van der Waals surface area contributed by atoms with Crippen LogP contribution in [0.25, 0.3) is 0 Å². The van der Waals surface area contributed by atoms with Crippen LogP contribution in [0, 0.1) is 0 Å². The molecule has 0 bridgehead atoms. The molecular weight excluding hydrogens is 462 g/mol. The second-order valence-corrected chi connectivity index (χ2v) is 10.5. The van der Waals surface area contributed by atoms with Crippen molar-refractivity contribution in [2.45, 2.75) is 10.6 Å². The van der Waals surface area contributed by atoms with E-state index in [1.807, 2.05) is 0 Å². The lowest BCUT2D eigenvalue weighted by Crippen LogP contribution is -2.25. The molecular formula is C23H23N3O5S2. The average Bonchev–Trinajstić information content (AvgIpc) is 2.80. The third-order valence-corrected chi connectivity index (χ3v) is 7.19. The predicted molar refractivity (Wildman–Crippen MR) is 129 cm³/mol. The van der Waals surface area contributed by atoms with Gasteiger partial charge in [0.15, 0.2) is 0 Å². The normalized spacial score (nSPS) is 11.5. The maximum absolute atomic E-state index is 12.5. The summed E-state index contributed by atoms with van der Waals surface area (Å²) >= 11 is 0. The van der Waals surface area contributed by atoms with E-state index >= 15 is 0 Å². The molecule has 0 radical (unpaired) electrons. The van der Waals surface area contributed by atoms with Gasteiger partial charge in [0.1, 0.15) is 0 Å². The van der Waals surface area contributed by atoms with Crippen LogP contribution in [0.5, 0.6) is 0 Å². The maximum Gasteiger partial charge on any atom is 0.261 e. The number of carbonyl (C=O) groups excluding carboxylic acids is 1. The van der Waals surface area contributed by atoms with Gasteiger partial charge in [0.25, 0.3) is 15.9 Å². The Labute approximate surface area is 193 Å². The first-order valence-electron chi connectivity index (χ1n) is 9.85. The first-order valence-corrected chi connectivity index (χ1v) is 13.0. The summed E-state index contributed by atoms with van der Waals surface area (Å²) in [6, 6.07) is 20.4. The Balaban J connectivity index is 1.61. The van der Waals surface area contributed by atoms with Crippen LogP contribution in [-0.4, -0.2) is 29.3 Å². The van der Waals surface area contributed by atoms with Crippen LogP contribution in [0.2, 0.25) is 0 Å². The number of hydrogen-bond donors (Lipinski definition) is 3. The van der Waals surface area contributed by atoms with Crippen molar-refractivity contribution < 1.29 is 21.6 Å². The molecule has 33 heavy (non-hydrogen) atoms. The number of rotatable bonds is 10. The third kappa shape index (κ3) is 7.01. The van der Waals surface area contributed by atoms with E-state index in [-0.39, 0.29) is 23.1 Å². The number of carbonyl (C=O) groups is 1. The highest BCUT2D eigenvalue weighted by atomic mass is 32.2. The lowest BCUT2D eigenvalue weighted by Gasteiger charge is -2.10. The Hall–Kier alpha value is -3.47. The van der Waals surface area contributed by atoms with Crippen molar-refractivity contribution in [1.82, 2.24) is 4.72 Å². The van der Waals surface area contributed by atoms with Gasteiger partial charge in [-0.15, -0.1) is 6.58 Å². The Kier molecular flexibility index (Phi) is 7.64. The van der Waals surface area contributed by atoms with Crippen molar-refractivity contribution in [3.05, 3.63) is 103 Å². The zero-order chi connectivity index (χ0) is 23.9. The Morgan fingerprint density at radius 3 is 2.03 bits per heavy atom. The van der Waals surface area contributed by atoms with E-state index in [1.54, 1.807) is 42.5 Å². The van der Waals surface area contributed by atoms with Crippen LogP contribution < -0.4 is 14.8 Å². The smallest absolute Gasteiger partial charge is 0.261 e. The average molecular weight is 486 g/mol. The summed E-state index contributed by atoms with van der Waals surface area (Å²) < 4.78 is 53.5. The van der Waals surface area contributed by atoms with Crippen LogP contribution in [0.4, 0.5) is 11.4 Å². The third-order valence-electron chi connectivity index (χ3n) is 4.47. The number of amides is 1. The number of hydrogen-bond acceptors (Lipinski definition) is 5. The van der Waals surface area contributed by atoms with E-state index in [1.165, 1.54) is 42.5 Å². The first-order chi connectivity index (χ1) is 15.7. The molecule has 0 aromatic heterocycles. The van der Waals surface area contributed by atoms with Crippen molar-refractivity contribution in [1.29, 1.82) is 0 Å². The topological polar surface area (TPSA) is 121 Å². The van der Waals surface area contributed by atoms with Gasteiger partial charge in [0.2, 0.25) is 10.0 Å². The van der Waals surface area contributed by atoms with Crippen LogP contribution in [0.1, 0.15) is 15.9 Å². The molecule has 0 aliphatic rings. The van der Waals surface area contributed by atoms with Crippen molar-refractivity contribution in [2.75, 3.05) is 16.6 Å². The summed E-state index contributed by atoms with van der Waals surface area (Å²) in [7, 11) is -7.19. The van der Waals surface area contributed by atoms with Gasteiger partial charge in [-0.1, -0.05) is 36.4 Å². The van der Waals surface area contributed by atoms with Gasteiger partial charge in [0, 0.05) is 23.5 Å². The minimum atomic E-state index is -3.72. The van der Waals surface area contributed by atoms with Gasteiger partial charge in [0.05, 0.1) is 10.6 Å². The van der Waals surface area contributed by atoms with Crippen LogP contribution >= 0.6 is 0 Å². The van der Waals surface area contributed by atoms with Gasteiger partial charge in [-0.2, -0.15) is 0 Å². The van der Waals surface area contributed by atoms with Crippen molar-refractivity contribution in [3.63, 3.8) is 0 Å². The monoisotopic (exact) mass is 485 g/mol. The molecule has 3 aromatic carbocycles.